The number of hydrogen-bond acceptors (Lipinski definition) is 5. The Morgan fingerprint density at radius 1 is 0.828 bits per heavy atom. The molecule has 0 radical (unpaired) electrons. The molecule has 0 aliphatic heterocycles. The van der Waals surface area contributed by atoms with Crippen molar-refractivity contribution in [3.8, 4) is 11.5 Å². The van der Waals surface area contributed by atoms with E-state index in [1.165, 1.54) is 0 Å². The normalized spacial score (nSPS) is 11.3. The second kappa shape index (κ2) is 8.31. The minimum Gasteiger partial charge on any atom is -0.415 e. The molecular formula is C23H18N4O2. The first-order valence-electron chi connectivity index (χ1n) is 9.10. The highest BCUT2D eigenvalue weighted by Crippen LogP contribution is 2.19. The maximum absolute atomic E-state index is 12.5. The first-order valence-corrected chi connectivity index (χ1v) is 9.10. The summed E-state index contributed by atoms with van der Waals surface area (Å²) in [6, 6.07) is 26.1. The zero-order chi connectivity index (χ0) is 20.1. The topological polar surface area (TPSA) is 80.4 Å². The van der Waals surface area contributed by atoms with Gasteiger partial charge in [-0.25, -0.2) is 5.43 Å². The van der Waals surface area contributed by atoms with E-state index in [0.29, 0.717) is 17.2 Å². The third kappa shape index (κ3) is 4.27. The Bertz CT molecular complexity index is 1130. The Hall–Kier alpha value is -4.06. The molecule has 0 fully saturated rings. The Kier molecular flexibility index (Phi) is 5.25. The van der Waals surface area contributed by atoms with Crippen LogP contribution in [0.5, 0.6) is 0 Å². The summed E-state index contributed by atoms with van der Waals surface area (Å²) < 4.78 is 5.84. The van der Waals surface area contributed by atoms with E-state index in [9.17, 15) is 4.79 Å². The van der Waals surface area contributed by atoms with Crippen LogP contribution in [0.4, 0.5) is 0 Å². The van der Waals surface area contributed by atoms with Gasteiger partial charge in [0, 0.05) is 16.7 Å². The lowest BCUT2D eigenvalue weighted by atomic mass is 10.1. The van der Waals surface area contributed by atoms with Crippen molar-refractivity contribution in [1.82, 2.24) is 15.6 Å². The lowest BCUT2D eigenvalue weighted by molar-refractivity contribution is 0.0955. The molecule has 29 heavy (non-hydrogen) atoms. The number of nitrogens with zero attached hydrogens (tertiary/aromatic N) is 3. The van der Waals surface area contributed by atoms with Gasteiger partial charge in [-0.3, -0.25) is 4.79 Å². The predicted molar refractivity (Wildman–Crippen MR) is 110 cm³/mol. The number of carbonyl (C=O) groups is 1. The van der Waals surface area contributed by atoms with Gasteiger partial charge < -0.3 is 4.42 Å². The van der Waals surface area contributed by atoms with Crippen molar-refractivity contribution < 1.29 is 9.21 Å². The van der Waals surface area contributed by atoms with E-state index < -0.39 is 0 Å². The van der Waals surface area contributed by atoms with Gasteiger partial charge in [-0.05, 0) is 31.2 Å². The van der Waals surface area contributed by atoms with Crippen LogP contribution in [-0.4, -0.2) is 21.8 Å². The van der Waals surface area contributed by atoms with Gasteiger partial charge in [0.05, 0.1) is 0 Å². The summed E-state index contributed by atoms with van der Waals surface area (Å²) in [5.74, 6) is 0.287. The van der Waals surface area contributed by atoms with Gasteiger partial charge in [0.15, 0.2) is 5.71 Å². The molecule has 1 amide bonds. The van der Waals surface area contributed by atoms with Gasteiger partial charge in [0.2, 0.25) is 5.89 Å². The molecule has 0 aliphatic carbocycles. The van der Waals surface area contributed by atoms with Gasteiger partial charge in [-0.1, -0.05) is 66.2 Å². The quantitative estimate of drug-likeness (QED) is 0.414. The summed E-state index contributed by atoms with van der Waals surface area (Å²) in [5, 5.41) is 12.5. The second-order valence-corrected chi connectivity index (χ2v) is 6.41. The zero-order valence-corrected chi connectivity index (χ0v) is 15.7. The monoisotopic (exact) mass is 382 g/mol. The number of benzene rings is 3. The summed E-state index contributed by atoms with van der Waals surface area (Å²) in [5.41, 5.74) is 6.13. The molecule has 4 aromatic rings. The van der Waals surface area contributed by atoms with Crippen LogP contribution in [0.3, 0.4) is 0 Å². The fourth-order valence-electron chi connectivity index (χ4n) is 2.72. The number of hydrogen-bond donors (Lipinski definition) is 1. The minimum atomic E-state index is -0.318. The van der Waals surface area contributed by atoms with E-state index in [-0.39, 0.29) is 11.8 Å². The molecule has 0 atom stereocenters. The molecule has 0 saturated heterocycles. The lowest BCUT2D eigenvalue weighted by Crippen LogP contribution is -2.20. The van der Waals surface area contributed by atoms with E-state index in [1.807, 2.05) is 79.7 Å². The van der Waals surface area contributed by atoms with Crippen LogP contribution in [0.2, 0.25) is 0 Å². The highest BCUT2D eigenvalue weighted by Gasteiger charge is 2.17. The van der Waals surface area contributed by atoms with Crippen molar-refractivity contribution in [2.24, 2.45) is 5.10 Å². The molecular weight excluding hydrogens is 364 g/mol. The summed E-state index contributed by atoms with van der Waals surface area (Å²) in [6.45, 7) is 1.97. The predicted octanol–water partition coefficient (Wildman–Crippen LogP) is 4.23. The standard InChI is InChI=1S/C23H18N4O2/c1-16-12-14-18(15-13-16)21(28)25-24-20(17-8-4-2-5-9-17)23-27-26-22(29-23)19-10-6-3-7-11-19/h2-15H,1H3,(H,25,28). The fourth-order valence-corrected chi connectivity index (χ4v) is 2.72. The van der Waals surface area contributed by atoms with Crippen LogP contribution in [0, 0.1) is 6.92 Å². The molecule has 0 saturated carbocycles. The van der Waals surface area contributed by atoms with E-state index in [2.05, 4.69) is 20.7 Å². The van der Waals surface area contributed by atoms with Gasteiger partial charge in [0.25, 0.3) is 11.8 Å². The van der Waals surface area contributed by atoms with Crippen LogP contribution in [0.15, 0.2) is 94.4 Å². The Morgan fingerprint density at radius 2 is 1.48 bits per heavy atom. The molecule has 6 heteroatoms. The van der Waals surface area contributed by atoms with E-state index in [4.69, 9.17) is 4.42 Å². The molecule has 4 rings (SSSR count). The maximum Gasteiger partial charge on any atom is 0.271 e. The maximum atomic E-state index is 12.5. The first-order chi connectivity index (χ1) is 14.2. The summed E-state index contributed by atoms with van der Waals surface area (Å²) in [4.78, 5) is 12.5. The molecule has 1 heterocycles. The molecule has 0 unspecified atom stereocenters. The van der Waals surface area contributed by atoms with Crippen molar-refractivity contribution in [1.29, 1.82) is 0 Å². The highest BCUT2D eigenvalue weighted by molar-refractivity contribution is 6.10. The lowest BCUT2D eigenvalue weighted by Gasteiger charge is -2.04. The molecule has 1 N–H and O–H groups in total. The molecule has 142 valence electrons. The Labute approximate surface area is 167 Å². The van der Waals surface area contributed by atoms with Crippen molar-refractivity contribution in [2.45, 2.75) is 6.92 Å². The van der Waals surface area contributed by atoms with Crippen LogP contribution in [0.25, 0.3) is 11.5 Å². The zero-order valence-electron chi connectivity index (χ0n) is 15.7. The first kappa shape index (κ1) is 18.3. The summed E-state index contributed by atoms with van der Waals surface area (Å²) in [7, 11) is 0. The number of aromatic nitrogens is 2. The van der Waals surface area contributed by atoms with Crippen LogP contribution >= 0.6 is 0 Å². The number of hydrazone groups is 1. The average molecular weight is 382 g/mol. The summed E-state index contributed by atoms with van der Waals surface area (Å²) >= 11 is 0. The smallest absolute Gasteiger partial charge is 0.271 e. The number of carbonyl (C=O) groups excluding carboxylic acids is 1. The third-order valence-corrected chi connectivity index (χ3v) is 4.28. The molecule has 0 bridgehead atoms. The van der Waals surface area contributed by atoms with Crippen molar-refractivity contribution >= 4 is 11.6 Å². The Morgan fingerprint density at radius 3 is 2.17 bits per heavy atom. The number of amides is 1. The van der Waals surface area contributed by atoms with Crippen molar-refractivity contribution in [2.75, 3.05) is 0 Å². The molecule has 0 spiro atoms. The third-order valence-electron chi connectivity index (χ3n) is 4.28. The van der Waals surface area contributed by atoms with E-state index in [0.717, 1.165) is 16.7 Å². The van der Waals surface area contributed by atoms with Crippen molar-refractivity contribution in [3.63, 3.8) is 0 Å². The van der Waals surface area contributed by atoms with Crippen molar-refractivity contribution in [3.05, 3.63) is 108 Å². The van der Waals surface area contributed by atoms with Crippen LogP contribution < -0.4 is 5.43 Å². The molecule has 3 aromatic carbocycles. The number of rotatable bonds is 5. The van der Waals surface area contributed by atoms with Crippen LogP contribution in [0.1, 0.15) is 27.4 Å². The van der Waals surface area contributed by atoms with Crippen LogP contribution in [-0.2, 0) is 0 Å². The molecule has 0 aliphatic rings. The van der Waals surface area contributed by atoms with Gasteiger partial charge in [0.1, 0.15) is 0 Å². The second-order valence-electron chi connectivity index (χ2n) is 6.41. The largest absolute Gasteiger partial charge is 0.415 e. The average Bonchev–Trinajstić information content (AvgIpc) is 3.26. The highest BCUT2D eigenvalue weighted by atomic mass is 16.4. The SMILES string of the molecule is Cc1ccc(C(=O)NN=C(c2ccccc2)c2nnc(-c3ccccc3)o2)cc1. The van der Waals surface area contributed by atoms with Gasteiger partial charge >= 0.3 is 0 Å². The van der Waals surface area contributed by atoms with E-state index in [1.54, 1.807) is 12.1 Å². The number of aryl methyl sites for hydroxylation is 1. The molecule has 1 aromatic heterocycles. The van der Waals surface area contributed by atoms with E-state index >= 15 is 0 Å². The minimum absolute atomic E-state index is 0.222. The fraction of sp³-hybridized carbons (Fsp3) is 0.0435. The molecule has 6 nitrogen and oxygen atoms in total. The summed E-state index contributed by atoms with van der Waals surface area (Å²) in [6.07, 6.45) is 0. The van der Waals surface area contributed by atoms with Gasteiger partial charge in [-0.15, -0.1) is 10.2 Å². The number of nitrogens with one attached hydrogen (secondary N) is 1. The Balaban J connectivity index is 1.66. The van der Waals surface area contributed by atoms with Gasteiger partial charge in [-0.2, -0.15) is 5.10 Å².